The highest BCUT2D eigenvalue weighted by atomic mass is 35.5. The van der Waals surface area contributed by atoms with E-state index in [-0.39, 0.29) is 0 Å². The van der Waals surface area contributed by atoms with Crippen LogP contribution in [-0.2, 0) is 4.74 Å². The molecule has 19 heavy (non-hydrogen) atoms. The number of anilines is 1. The first-order valence-corrected chi connectivity index (χ1v) is 6.57. The SMILES string of the molecule is COCCCN=C(NN)Nc1c(Cl)ccc(C)c1Cl. The predicted octanol–water partition coefficient (Wildman–Crippen LogP) is 2.57. The monoisotopic (exact) mass is 304 g/mol. The number of guanidine groups is 1. The number of aryl methyl sites for hydroxylation is 1. The quantitative estimate of drug-likeness (QED) is 0.257. The van der Waals surface area contributed by atoms with Crippen molar-refractivity contribution in [1.82, 2.24) is 5.43 Å². The van der Waals surface area contributed by atoms with E-state index in [2.05, 4.69) is 15.7 Å². The Kier molecular flexibility index (Phi) is 6.94. The molecule has 1 aromatic rings. The Bertz CT molecular complexity index is 452. The molecule has 0 spiro atoms. The van der Waals surface area contributed by atoms with Gasteiger partial charge in [-0.05, 0) is 25.0 Å². The molecule has 0 atom stereocenters. The number of hydrazine groups is 1. The zero-order valence-electron chi connectivity index (χ0n) is 11.0. The van der Waals surface area contributed by atoms with E-state index in [1.54, 1.807) is 13.2 Å². The summed E-state index contributed by atoms with van der Waals surface area (Å²) in [7, 11) is 1.65. The number of hydrogen-bond donors (Lipinski definition) is 3. The summed E-state index contributed by atoms with van der Waals surface area (Å²) in [6.45, 7) is 3.13. The van der Waals surface area contributed by atoms with Gasteiger partial charge in [-0.25, -0.2) is 5.84 Å². The molecule has 106 valence electrons. The number of aliphatic imine (C=N–C) groups is 1. The second kappa shape index (κ2) is 8.22. The number of benzene rings is 1. The molecule has 1 aromatic carbocycles. The average molecular weight is 305 g/mol. The van der Waals surface area contributed by atoms with Gasteiger partial charge in [0, 0.05) is 20.3 Å². The van der Waals surface area contributed by atoms with Crippen molar-refractivity contribution in [3.05, 3.63) is 27.7 Å². The van der Waals surface area contributed by atoms with Crippen LogP contribution in [0.25, 0.3) is 0 Å². The molecule has 0 aromatic heterocycles. The highest BCUT2D eigenvalue weighted by Crippen LogP contribution is 2.32. The molecule has 0 aliphatic carbocycles. The van der Waals surface area contributed by atoms with Crippen molar-refractivity contribution in [1.29, 1.82) is 0 Å². The molecular formula is C12H18Cl2N4O. The van der Waals surface area contributed by atoms with Gasteiger partial charge in [0.05, 0.1) is 15.7 Å². The first-order chi connectivity index (χ1) is 9.10. The number of nitrogens with one attached hydrogen (secondary N) is 2. The van der Waals surface area contributed by atoms with Gasteiger partial charge in [0.1, 0.15) is 0 Å². The molecule has 7 heteroatoms. The van der Waals surface area contributed by atoms with Crippen LogP contribution in [0.4, 0.5) is 5.69 Å². The summed E-state index contributed by atoms with van der Waals surface area (Å²) < 4.78 is 4.95. The van der Waals surface area contributed by atoms with Crippen LogP contribution >= 0.6 is 23.2 Å². The van der Waals surface area contributed by atoms with E-state index < -0.39 is 0 Å². The molecular weight excluding hydrogens is 287 g/mol. The molecule has 5 nitrogen and oxygen atoms in total. The number of halogens is 2. The van der Waals surface area contributed by atoms with E-state index >= 15 is 0 Å². The maximum Gasteiger partial charge on any atom is 0.210 e. The lowest BCUT2D eigenvalue weighted by atomic mass is 10.2. The van der Waals surface area contributed by atoms with Crippen LogP contribution in [-0.4, -0.2) is 26.2 Å². The molecule has 4 N–H and O–H groups in total. The zero-order valence-corrected chi connectivity index (χ0v) is 12.5. The summed E-state index contributed by atoms with van der Waals surface area (Å²) in [4.78, 5) is 4.26. The number of hydrogen-bond acceptors (Lipinski definition) is 3. The van der Waals surface area contributed by atoms with E-state index in [1.165, 1.54) is 0 Å². The van der Waals surface area contributed by atoms with Crippen molar-refractivity contribution in [2.75, 3.05) is 25.6 Å². The van der Waals surface area contributed by atoms with Crippen LogP contribution in [0.5, 0.6) is 0 Å². The topological polar surface area (TPSA) is 71.7 Å². The summed E-state index contributed by atoms with van der Waals surface area (Å²) in [5.41, 5.74) is 3.99. The third kappa shape index (κ3) is 4.87. The van der Waals surface area contributed by atoms with Crippen LogP contribution in [0.15, 0.2) is 17.1 Å². The highest BCUT2D eigenvalue weighted by Gasteiger charge is 2.09. The van der Waals surface area contributed by atoms with Gasteiger partial charge in [0.25, 0.3) is 0 Å². The Morgan fingerprint density at radius 2 is 2.16 bits per heavy atom. The second-order valence-corrected chi connectivity index (χ2v) is 4.68. The second-order valence-electron chi connectivity index (χ2n) is 3.90. The third-order valence-corrected chi connectivity index (χ3v) is 3.24. The predicted molar refractivity (Wildman–Crippen MR) is 80.9 cm³/mol. The number of ether oxygens (including phenoxy) is 1. The summed E-state index contributed by atoms with van der Waals surface area (Å²) in [5, 5.41) is 4.05. The van der Waals surface area contributed by atoms with E-state index in [0.29, 0.717) is 34.8 Å². The number of rotatable bonds is 5. The lowest BCUT2D eigenvalue weighted by Crippen LogP contribution is -2.36. The fourth-order valence-electron chi connectivity index (χ4n) is 1.41. The Morgan fingerprint density at radius 3 is 2.79 bits per heavy atom. The van der Waals surface area contributed by atoms with Crippen LogP contribution in [0.3, 0.4) is 0 Å². The van der Waals surface area contributed by atoms with Gasteiger partial charge in [0.2, 0.25) is 5.96 Å². The van der Waals surface area contributed by atoms with Crippen molar-refractivity contribution in [3.8, 4) is 0 Å². The van der Waals surface area contributed by atoms with Gasteiger partial charge < -0.3 is 10.1 Å². The maximum absolute atomic E-state index is 6.19. The van der Waals surface area contributed by atoms with Gasteiger partial charge >= 0.3 is 0 Å². The van der Waals surface area contributed by atoms with E-state index in [9.17, 15) is 0 Å². The average Bonchev–Trinajstić information content (AvgIpc) is 2.41. The molecule has 0 fully saturated rings. The van der Waals surface area contributed by atoms with Crippen LogP contribution in [0.1, 0.15) is 12.0 Å². The van der Waals surface area contributed by atoms with E-state index in [1.807, 2.05) is 13.0 Å². The molecule has 0 unspecified atom stereocenters. The van der Waals surface area contributed by atoms with E-state index in [0.717, 1.165) is 12.0 Å². The summed E-state index contributed by atoms with van der Waals surface area (Å²) in [6, 6.07) is 3.62. The summed E-state index contributed by atoms with van der Waals surface area (Å²) in [5.74, 6) is 5.82. The van der Waals surface area contributed by atoms with Crippen molar-refractivity contribution >= 4 is 34.8 Å². The van der Waals surface area contributed by atoms with Gasteiger partial charge in [0.15, 0.2) is 0 Å². The fraction of sp³-hybridized carbons (Fsp3) is 0.417. The largest absolute Gasteiger partial charge is 0.385 e. The molecule has 0 aliphatic rings. The molecule has 0 aliphatic heterocycles. The van der Waals surface area contributed by atoms with Crippen LogP contribution in [0.2, 0.25) is 10.0 Å². The molecule has 1 rings (SSSR count). The van der Waals surface area contributed by atoms with E-state index in [4.69, 9.17) is 33.8 Å². The molecule has 0 heterocycles. The van der Waals surface area contributed by atoms with Crippen molar-refractivity contribution in [2.45, 2.75) is 13.3 Å². The zero-order chi connectivity index (χ0) is 14.3. The molecule has 0 amide bonds. The van der Waals surface area contributed by atoms with Gasteiger partial charge in [-0.2, -0.15) is 0 Å². The minimum Gasteiger partial charge on any atom is -0.385 e. The first kappa shape index (κ1) is 16.0. The molecule has 0 bridgehead atoms. The standard InChI is InChI=1S/C12H18Cl2N4O/c1-8-4-5-9(13)11(10(8)14)17-12(18-15)16-6-3-7-19-2/h4-5H,3,6-7,15H2,1-2H3,(H2,16,17,18). The van der Waals surface area contributed by atoms with Crippen LogP contribution < -0.4 is 16.6 Å². The Balaban J connectivity index is 2.78. The minimum absolute atomic E-state index is 0.408. The number of nitrogens with zero attached hydrogens (tertiary/aromatic N) is 1. The van der Waals surface area contributed by atoms with Gasteiger partial charge in [-0.1, -0.05) is 29.3 Å². The Hall–Kier alpha value is -1.01. The molecule has 0 saturated heterocycles. The maximum atomic E-state index is 6.19. The smallest absolute Gasteiger partial charge is 0.210 e. The molecule has 0 saturated carbocycles. The highest BCUT2D eigenvalue weighted by molar-refractivity contribution is 6.40. The summed E-state index contributed by atoms with van der Waals surface area (Å²) in [6.07, 6.45) is 0.804. The third-order valence-electron chi connectivity index (χ3n) is 2.44. The molecule has 0 radical (unpaired) electrons. The van der Waals surface area contributed by atoms with Crippen LogP contribution in [0, 0.1) is 6.92 Å². The van der Waals surface area contributed by atoms with Gasteiger partial charge in [-0.3, -0.25) is 10.4 Å². The van der Waals surface area contributed by atoms with Crippen molar-refractivity contribution in [2.24, 2.45) is 10.8 Å². The lowest BCUT2D eigenvalue weighted by molar-refractivity contribution is 0.197. The van der Waals surface area contributed by atoms with Crippen molar-refractivity contribution in [3.63, 3.8) is 0 Å². The number of methoxy groups -OCH3 is 1. The minimum atomic E-state index is 0.408. The number of nitrogens with two attached hydrogens (primary N) is 1. The normalized spacial score (nSPS) is 11.5. The van der Waals surface area contributed by atoms with Crippen molar-refractivity contribution < 1.29 is 4.74 Å². The first-order valence-electron chi connectivity index (χ1n) is 5.81. The van der Waals surface area contributed by atoms with Gasteiger partial charge in [-0.15, -0.1) is 0 Å². The lowest BCUT2D eigenvalue weighted by Gasteiger charge is -2.13. The Morgan fingerprint density at radius 1 is 1.42 bits per heavy atom. The summed E-state index contributed by atoms with van der Waals surface area (Å²) >= 11 is 12.3. The fourth-order valence-corrected chi connectivity index (χ4v) is 1.88. The Labute approximate surface area is 123 Å².